The van der Waals surface area contributed by atoms with Crippen molar-refractivity contribution in [2.75, 3.05) is 19.6 Å². The average Bonchev–Trinajstić information content (AvgIpc) is 2.81. The summed E-state index contributed by atoms with van der Waals surface area (Å²) in [6.07, 6.45) is 3.41. The van der Waals surface area contributed by atoms with Crippen LogP contribution in [0.5, 0.6) is 5.75 Å². The molecular weight excluding hydrogens is 344 g/mol. The van der Waals surface area contributed by atoms with Gasteiger partial charge in [0.05, 0.1) is 18.2 Å². The van der Waals surface area contributed by atoms with E-state index in [4.69, 9.17) is 4.74 Å². The number of para-hydroxylation sites is 1. The Labute approximate surface area is 159 Å². The van der Waals surface area contributed by atoms with E-state index in [0.29, 0.717) is 37.4 Å². The first kappa shape index (κ1) is 18.3. The molecular formula is C21H28N2O4. The van der Waals surface area contributed by atoms with Gasteiger partial charge in [0.15, 0.2) is 0 Å². The highest BCUT2D eigenvalue weighted by atomic mass is 16.5. The second-order valence-electron chi connectivity index (χ2n) is 8.36. The maximum absolute atomic E-state index is 12.9. The molecule has 2 amide bonds. The highest BCUT2D eigenvalue weighted by Crippen LogP contribution is 2.39. The standard InChI is InChI=1S/C21H28N2O4/c1-14-12-23(11-8-17(14)24)20(26)15-6-9-21(10-7-15)13-22-19(25)16-4-2-3-5-18(16)27-21/h2-5,14-15,17,24H,6-13H2,1H3,(H,22,25)/t14-,15?,17-,21?/m1/s1. The number of hydrogen-bond donors (Lipinski definition) is 2. The number of benzene rings is 1. The van der Waals surface area contributed by atoms with Crippen molar-refractivity contribution >= 4 is 11.8 Å². The minimum absolute atomic E-state index is 0.0101. The Morgan fingerprint density at radius 3 is 2.74 bits per heavy atom. The molecule has 2 fully saturated rings. The maximum Gasteiger partial charge on any atom is 0.255 e. The molecule has 27 heavy (non-hydrogen) atoms. The second-order valence-corrected chi connectivity index (χ2v) is 8.36. The number of carbonyl (C=O) groups is 2. The predicted molar refractivity (Wildman–Crippen MR) is 100 cm³/mol. The highest BCUT2D eigenvalue weighted by Gasteiger charge is 2.43. The summed E-state index contributed by atoms with van der Waals surface area (Å²) in [5.74, 6) is 0.893. The van der Waals surface area contributed by atoms with Gasteiger partial charge < -0.3 is 20.1 Å². The first-order chi connectivity index (χ1) is 13.0. The summed E-state index contributed by atoms with van der Waals surface area (Å²) in [6, 6.07) is 7.35. The first-order valence-corrected chi connectivity index (χ1v) is 10.0. The molecule has 1 saturated carbocycles. The molecule has 0 radical (unpaired) electrons. The van der Waals surface area contributed by atoms with Crippen molar-refractivity contribution < 1.29 is 19.4 Å². The zero-order chi connectivity index (χ0) is 19.0. The predicted octanol–water partition coefficient (Wildman–Crippen LogP) is 1.97. The fraction of sp³-hybridized carbons (Fsp3) is 0.619. The molecule has 2 atom stereocenters. The van der Waals surface area contributed by atoms with E-state index >= 15 is 0 Å². The number of ether oxygens (including phenoxy) is 1. The quantitative estimate of drug-likeness (QED) is 0.790. The van der Waals surface area contributed by atoms with Crippen LogP contribution in [0.2, 0.25) is 0 Å². The lowest BCUT2D eigenvalue weighted by Crippen LogP contribution is -2.51. The molecule has 4 rings (SSSR count). The van der Waals surface area contributed by atoms with Crippen molar-refractivity contribution in [2.45, 2.75) is 50.7 Å². The molecule has 0 aromatic heterocycles. The normalized spacial score (nSPS) is 33.6. The fourth-order valence-electron chi connectivity index (χ4n) is 4.61. The molecule has 1 aliphatic carbocycles. The largest absolute Gasteiger partial charge is 0.485 e. The van der Waals surface area contributed by atoms with Gasteiger partial charge >= 0.3 is 0 Å². The Balaban J connectivity index is 1.41. The number of rotatable bonds is 1. The molecule has 2 aliphatic heterocycles. The highest BCUT2D eigenvalue weighted by molar-refractivity contribution is 5.97. The van der Waals surface area contributed by atoms with Gasteiger partial charge in [-0.1, -0.05) is 19.1 Å². The molecule has 6 nitrogen and oxygen atoms in total. The van der Waals surface area contributed by atoms with Crippen LogP contribution in [-0.2, 0) is 4.79 Å². The van der Waals surface area contributed by atoms with Gasteiger partial charge in [0.1, 0.15) is 11.4 Å². The van der Waals surface area contributed by atoms with Crippen LogP contribution in [-0.4, -0.2) is 53.2 Å². The van der Waals surface area contributed by atoms with Gasteiger partial charge in [-0.2, -0.15) is 0 Å². The van der Waals surface area contributed by atoms with E-state index in [1.165, 1.54) is 0 Å². The molecule has 6 heteroatoms. The van der Waals surface area contributed by atoms with Crippen LogP contribution in [0.4, 0.5) is 0 Å². The summed E-state index contributed by atoms with van der Waals surface area (Å²) in [5, 5.41) is 12.9. The molecule has 1 aromatic rings. The SMILES string of the molecule is C[C@@H]1CN(C(=O)C2CCC3(CC2)CNC(=O)c2ccccc2O3)CC[C@H]1O. The summed E-state index contributed by atoms with van der Waals surface area (Å²) in [7, 11) is 0. The first-order valence-electron chi connectivity index (χ1n) is 10.0. The molecule has 2 heterocycles. The smallest absolute Gasteiger partial charge is 0.255 e. The summed E-state index contributed by atoms with van der Waals surface area (Å²) < 4.78 is 6.32. The molecule has 3 aliphatic rings. The van der Waals surface area contributed by atoms with Gasteiger partial charge in [-0.25, -0.2) is 0 Å². The number of nitrogens with zero attached hydrogens (tertiary/aromatic N) is 1. The van der Waals surface area contributed by atoms with Crippen LogP contribution < -0.4 is 10.1 Å². The summed E-state index contributed by atoms with van der Waals surface area (Å²) in [6.45, 7) is 3.77. The number of piperidine rings is 1. The van der Waals surface area contributed by atoms with Crippen LogP contribution >= 0.6 is 0 Å². The van der Waals surface area contributed by atoms with Crippen LogP contribution in [0.25, 0.3) is 0 Å². The van der Waals surface area contributed by atoms with Crippen molar-refractivity contribution in [3.8, 4) is 5.75 Å². The number of hydrogen-bond acceptors (Lipinski definition) is 4. The van der Waals surface area contributed by atoms with E-state index in [1.807, 2.05) is 30.0 Å². The Kier molecular flexibility index (Phi) is 4.84. The third-order valence-electron chi connectivity index (χ3n) is 6.45. The molecule has 1 aromatic carbocycles. The van der Waals surface area contributed by atoms with Crippen molar-refractivity contribution in [3.63, 3.8) is 0 Å². The third-order valence-corrected chi connectivity index (χ3v) is 6.45. The number of likely N-dealkylation sites (tertiary alicyclic amines) is 1. The minimum Gasteiger partial charge on any atom is -0.485 e. The van der Waals surface area contributed by atoms with Gasteiger partial charge in [0.25, 0.3) is 5.91 Å². The molecule has 146 valence electrons. The van der Waals surface area contributed by atoms with Crippen molar-refractivity contribution in [1.82, 2.24) is 10.2 Å². The van der Waals surface area contributed by atoms with Crippen molar-refractivity contribution in [1.29, 1.82) is 0 Å². The van der Waals surface area contributed by atoms with Crippen LogP contribution in [0.1, 0.15) is 49.4 Å². The summed E-state index contributed by atoms with van der Waals surface area (Å²) in [5.41, 5.74) is 0.151. The number of amides is 2. The zero-order valence-corrected chi connectivity index (χ0v) is 15.8. The van der Waals surface area contributed by atoms with Crippen molar-refractivity contribution in [3.05, 3.63) is 29.8 Å². The van der Waals surface area contributed by atoms with E-state index in [-0.39, 0.29) is 29.8 Å². The monoisotopic (exact) mass is 372 g/mol. The van der Waals surface area contributed by atoms with E-state index in [0.717, 1.165) is 25.7 Å². The lowest BCUT2D eigenvalue weighted by atomic mass is 9.77. The Morgan fingerprint density at radius 1 is 1.26 bits per heavy atom. The topological polar surface area (TPSA) is 78.9 Å². The molecule has 0 bridgehead atoms. The number of fused-ring (bicyclic) bond motifs is 1. The maximum atomic E-state index is 12.9. The van der Waals surface area contributed by atoms with Gasteiger partial charge in [-0.05, 0) is 50.2 Å². The van der Waals surface area contributed by atoms with E-state index in [2.05, 4.69) is 5.32 Å². The number of nitrogens with one attached hydrogen (secondary N) is 1. The molecule has 1 saturated heterocycles. The fourth-order valence-corrected chi connectivity index (χ4v) is 4.61. The summed E-state index contributed by atoms with van der Waals surface area (Å²) >= 11 is 0. The Morgan fingerprint density at radius 2 is 2.00 bits per heavy atom. The van der Waals surface area contributed by atoms with Gasteiger partial charge in [0.2, 0.25) is 5.91 Å². The van der Waals surface area contributed by atoms with E-state index < -0.39 is 5.60 Å². The van der Waals surface area contributed by atoms with E-state index in [9.17, 15) is 14.7 Å². The summed E-state index contributed by atoms with van der Waals surface area (Å²) in [4.78, 5) is 27.1. The lowest BCUT2D eigenvalue weighted by molar-refractivity contribution is -0.141. The van der Waals surface area contributed by atoms with Crippen LogP contribution in [0, 0.1) is 11.8 Å². The second kappa shape index (κ2) is 7.15. The van der Waals surface area contributed by atoms with Gasteiger partial charge in [-0.3, -0.25) is 9.59 Å². The third kappa shape index (κ3) is 3.55. The molecule has 1 spiro atoms. The number of aliphatic hydroxyl groups excluding tert-OH is 1. The Bertz CT molecular complexity index is 727. The zero-order valence-electron chi connectivity index (χ0n) is 15.8. The molecule has 0 unspecified atom stereocenters. The number of aliphatic hydroxyl groups is 1. The average molecular weight is 372 g/mol. The minimum atomic E-state index is -0.426. The van der Waals surface area contributed by atoms with Crippen LogP contribution in [0.15, 0.2) is 24.3 Å². The van der Waals surface area contributed by atoms with Crippen molar-refractivity contribution in [2.24, 2.45) is 11.8 Å². The van der Waals surface area contributed by atoms with Gasteiger partial charge in [-0.15, -0.1) is 0 Å². The Hall–Kier alpha value is -2.08. The number of carbonyl (C=O) groups excluding carboxylic acids is 2. The van der Waals surface area contributed by atoms with Crippen LogP contribution in [0.3, 0.4) is 0 Å². The lowest BCUT2D eigenvalue weighted by Gasteiger charge is -2.41. The van der Waals surface area contributed by atoms with Gasteiger partial charge in [0, 0.05) is 19.0 Å². The van der Waals surface area contributed by atoms with E-state index in [1.54, 1.807) is 6.07 Å². The molecule has 2 N–H and O–H groups in total.